The van der Waals surface area contributed by atoms with Gasteiger partial charge in [-0.2, -0.15) is 0 Å². The topological polar surface area (TPSA) is 100 Å². The van der Waals surface area contributed by atoms with E-state index < -0.39 is 16.7 Å². The molecule has 33 heavy (non-hydrogen) atoms. The minimum absolute atomic E-state index is 0.0269. The lowest BCUT2D eigenvalue weighted by atomic mass is 9.86. The number of fused-ring (bicyclic) bond motifs is 1. The summed E-state index contributed by atoms with van der Waals surface area (Å²) in [7, 11) is 0. The maximum atomic E-state index is 14.9. The molecule has 2 aromatic carbocycles. The molecule has 8 nitrogen and oxygen atoms in total. The summed E-state index contributed by atoms with van der Waals surface area (Å²) in [5, 5.41) is 14.9. The first-order valence-electron chi connectivity index (χ1n) is 11.0. The minimum atomic E-state index is -0.593. The maximum Gasteiger partial charge on any atom is 0.270 e. The number of nitrogens with zero attached hydrogens (tertiary/aromatic N) is 2. The van der Waals surface area contributed by atoms with Crippen LogP contribution in [0.1, 0.15) is 29.0 Å². The molecule has 0 saturated carbocycles. The number of H-pyrrole nitrogens is 1. The molecule has 1 aliphatic rings. The van der Waals surface area contributed by atoms with E-state index in [-0.39, 0.29) is 18.0 Å². The average molecular weight is 455 g/mol. The fourth-order valence-electron chi connectivity index (χ4n) is 4.29. The lowest BCUT2D eigenvalue weighted by Gasteiger charge is -2.26. The van der Waals surface area contributed by atoms with Crippen LogP contribution in [0.2, 0.25) is 0 Å². The fraction of sp³-hybridized carbons (Fsp3) is 0.375. The summed E-state index contributed by atoms with van der Waals surface area (Å²) in [6.45, 7) is 6.12. The fourth-order valence-corrected chi connectivity index (χ4v) is 4.29. The van der Waals surface area contributed by atoms with Crippen molar-refractivity contribution in [2.75, 3.05) is 39.4 Å². The predicted molar refractivity (Wildman–Crippen MR) is 123 cm³/mol. The second-order valence-corrected chi connectivity index (χ2v) is 8.32. The van der Waals surface area contributed by atoms with Crippen molar-refractivity contribution >= 4 is 22.5 Å². The number of rotatable bonds is 8. The van der Waals surface area contributed by atoms with E-state index in [9.17, 15) is 19.3 Å². The second-order valence-electron chi connectivity index (χ2n) is 8.32. The molecule has 0 aliphatic carbocycles. The van der Waals surface area contributed by atoms with Gasteiger partial charge in [-0.05, 0) is 30.2 Å². The van der Waals surface area contributed by atoms with Crippen LogP contribution < -0.4 is 5.32 Å². The number of nitrogens with one attached hydrogen (secondary N) is 2. The van der Waals surface area contributed by atoms with Crippen molar-refractivity contribution in [3.8, 4) is 0 Å². The number of carbonyl (C=O) groups is 1. The van der Waals surface area contributed by atoms with Crippen LogP contribution in [-0.2, 0) is 9.53 Å². The summed E-state index contributed by atoms with van der Waals surface area (Å²) in [6, 6.07) is 9.32. The molecule has 1 atom stereocenters. The third-order valence-corrected chi connectivity index (χ3v) is 6.05. The van der Waals surface area contributed by atoms with Crippen molar-refractivity contribution in [1.29, 1.82) is 0 Å². The molecule has 2 N–H and O–H groups in total. The van der Waals surface area contributed by atoms with Crippen molar-refractivity contribution in [1.82, 2.24) is 15.2 Å². The first kappa shape index (κ1) is 22.9. The first-order valence-corrected chi connectivity index (χ1v) is 11.0. The number of amides is 1. The van der Waals surface area contributed by atoms with Crippen LogP contribution in [0, 0.1) is 22.9 Å². The van der Waals surface area contributed by atoms with Gasteiger partial charge in [0.1, 0.15) is 5.82 Å². The minimum Gasteiger partial charge on any atom is -0.379 e. The zero-order valence-electron chi connectivity index (χ0n) is 18.5. The molecule has 9 heteroatoms. The number of ether oxygens (including phenoxy) is 1. The van der Waals surface area contributed by atoms with Crippen LogP contribution in [-0.4, -0.2) is 60.1 Å². The van der Waals surface area contributed by atoms with Crippen LogP contribution in [0.15, 0.2) is 42.6 Å². The Morgan fingerprint density at radius 1 is 1.24 bits per heavy atom. The van der Waals surface area contributed by atoms with Crippen LogP contribution in [0.25, 0.3) is 10.9 Å². The van der Waals surface area contributed by atoms with E-state index in [1.807, 2.05) is 6.92 Å². The lowest BCUT2D eigenvalue weighted by Crippen LogP contribution is -2.41. The molecule has 1 fully saturated rings. The third-order valence-electron chi connectivity index (χ3n) is 6.05. The van der Waals surface area contributed by atoms with Gasteiger partial charge >= 0.3 is 0 Å². The predicted octanol–water partition coefficient (Wildman–Crippen LogP) is 3.49. The Kier molecular flexibility index (Phi) is 7.00. The van der Waals surface area contributed by atoms with Gasteiger partial charge in [0.25, 0.3) is 5.69 Å². The van der Waals surface area contributed by atoms with Crippen molar-refractivity contribution in [3.63, 3.8) is 0 Å². The zero-order valence-corrected chi connectivity index (χ0v) is 18.5. The summed E-state index contributed by atoms with van der Waals surface area (Å²) < 4.78 is 20.2. The Bertz CT molecular complexity index is 1160. The van der Waals surface area contributed by atoms with E-state index in [1.165, 1.54) is 18.2 Å². The van der Waals surface area contributed by atoms with Crippen LogP contribution in [0.3, 0.4) is 0 Å². The zero-order chi connectivity index (χ0) is 23.4. The molecular formula is C24H27FN4O4. The van der Waals surface area contributed by atoms with E-state index in [1.54, 1.807) is 24.4 Å². The van der Waals surface area contributed by atoms with Gasteiger partial charge in [0.05, 0.1) is 18.1 Å². The Morgan fingerprint density at radius 2 is 2.03 bits per heavy atom. The average Bonchev–Trinajstić information content (AvgIpc) is 3.23. The van der Waals surface area contributed by atoms with Gasteiger partial charge in [0.2, 0.25) is 5.91 Å². The summed E-state index contributed by atoms with van der Waals surface area (Å²) in [4.78, 5) is 29.0. The molecule has 1 aliphatic heterocycles. The molecule has 0 bridgehead atoms. The highest BCUT2D eigenvalue weighted by molar-refractivity contribution is 5.87. The molecule has 1 aromatic heterocycles. The smallest absolute Gasteiger partial charge is 0.270 e. The second kappa shape index (κ2) is 10.1. The van der Waals surface area contributed by atoms with E-state index in [0.29, 0.717) is 41.8 Å². The number of benzene rings is 2. The van der Waals surface area contributed by atoms with Crippen molar-refractivity contribution < 1.29 is 18.8 Å². The third kappa shape index (κ3) is 5.37. The number of carbonyl (C=O) groups excluding carboxylic acids is 1. The lowest BCUT2D eigenvalue weighted by molar-refractivity contribution is -0.384. The molecule has 1 saturated heterocycles. The van der Waals surface area contributed by atoms with Crippen molar-refractivity contribution in [2.24, 2.45) is 0 Å². The number of aryl methyl sites for hydroxylation is 1. The Hall–Kier alpha value is -3.30. The van der Waals surface area contributed by atoms with Crippen LogP contribution >= 0.6 is 0 Å². The first-order chi connectivity index (χ1) is 15.9. The standard InChI is InChI=1S/C24H27FN4O4/c1-16-2-4-22(25)19(12-16)18(14-24(30)26-6-7-28-8-10-33-11-9-28)21-15-27-23-5-3-17(29(31)32)13-20(21)23/h2-5,12-13,15,18,27H,6-11,14H2,1H3,(H,26,30)/t18-/m0/s1. The highest BCUT2D eigenvalue weighted by atomic mass is 19.1. The number of nitro benzene ring substituents is 1. The Balaban J connectivity index is 1.60. The number of aromatic amines is 1. The number of hydrogen-bond acceptors (Lipinski definition) is 5. The molecule has 174 valence electrons. The van der Waals surface area contributed by atoms with Gasteiger partial charge in [-0.25, -0.2) is 4.39 Å². The molecule has 0 unspecified atom stereocenters. The number of aromatic nitrogens is 1. The molecule has 4 rings (SSSR count). The maximum absolute atomic E-state index is 14.9. The highest BCUT2D eigenvalue weighted by Crippen LogP contribution is 2.36. The van der Waals surface area contributed by atoms with Gasteiger partial charge in [0.15, 0.2) is 0 Å². The van der Waals surface area contributed by atoms with Gasteiger partial charge in [-0.3, -0.25) is 19.8 Å². The molecule has 3 aromatic rings. The molecular weight excluding hydrogens is 427 g/mol. The number of non-ortho nitro benzene ring substituents is 1. The van der Waals surface area contributed by atoms with Crippen molar-refractivity contribution in [2.45, 2.75) is 19.3 Å². The summed E-state index contributed by atoms with van der Waals surface area (Å²) in [6.07, 6.45) is 1.74. The molecule has 0 radical (unpaired) electrons. The normalized spacial score (nSPS) is 15.5. The molecule has 1 amide bonds. The summed E-state index contributed by atoms with van der Waals surface area (Å²) in [5.41, 5.74) is 2.56. The monoisotopic (exact) mass is 454 g/mol. The number of hydrogen-bond donors (Lipinski definition) is 2. The van der Waals surface area contributed by atoms with Gasteiger partial charge in [-0.15, -0.1) is 0 Å². The van der Waals surface area contributed by atoms with E-state index >= 15 is 0 Å². The highest BCUT2D eigenvalue weighted by Gasteiger charge is 2.25. The quantitative estimate of drug-likeness (QED) is 0.401. The Morgan fingerprint density at radius 3 is 2.79 bits per heavy atom. The summed E-state index contributed by atoms with van der Waals surface area (Å²) >= 11 is 0. The largest absolute Gasteiger partial charge is 0.379 e. The van der Waals surface area contributed by atoms with Gasteiger partial charge in [-0.1, -0.05) is 17.7 Å². The molecule has 2 heterocycles. The van der Waals surface area contributed by atoms with Crippen LogP contribution in [0.4, 0.5) is 10.1 Å². The van der Waals surface area contributed by atoms with Gasteiger partial charge < -0.3 is 15.0 Å². The van der Waals surface area contributed by atoms with E-state index in [0.717, 1.165) is 25.2 Å². The Labute approximate surface area is 190 Å². The van der Waals surface area contributed by atoms with E-state index in [4.69, 9.17) is 4.74 Å². The van der Waals surface area contributed by atoms with E-state index in [2.05, 4.69) is 15.2 Å². The number of morpholine rings is 1. The van der Waals surface area contributed by atoms with Crippen molar-refractivity contribution in [3.05, 3.63) is 75.2 Å². The number of halogens is 1. The van der Waals surface area contributed by atoms with Crippen LogP contribution in [0.5, 0.6) is 0 Å². The number of nitro groups is 1. The molecule has 0 spiro atoms. The summed E-state index contributed by atoms with van der Waals surface area (Å²) in [5.74, 6) is -1.20. The SMILES string of the molecule is Cc1ccc(F)c([C@H](CC(=O)NCCN2CCOCC2)c2c[nH]c3ccc([N+](=O)[O-])cc23)c1. The van der Waals surface area contributed by atoms with Gasteiger partial charge in [0, 0.05) is 67.8 Å².